The number of hydrogen-bond donors (Lipinski definition) is 1. The molecule has 6 nitrogen and oxygen atoms in total. The molecule has 0 amide bonds. The molecule has 0 aliphatic carbocycles. The van der Waals surface area contributed by atoms with E-state index in [-0.39, 0.29) is 16.9 Å². The normalized spacial score (nSPS) is 12.9. The molecule has 0 unspecified atom stereocenters. The Labute approximate surface area is 216 Å². The molecular formula is C29H38BN3O3. The molecule has 1 N–H and O–H groups in total. The van der Waals surface area contributed by atoms with E-state index in [0.29, 0.717) is 30.2 Å². The minimum atomic E-state index is -0.125. The average Bonchev–Trinajstić information content (AvgIpc) is 2.78. The molecule has 0 spiro atoms. The van der Waals surface area contributed by atoms with Gasteiger partial charge in [-0.3, -0.25) is 0 Å². The van der Waals surface area contributed by atoms with E-state index in [9.17, 15) is 4.79 Å². The predicted octanol–water partition coefficient (Wildman–Crippen LogP) is 5.50. The van der Waals surface area contributed by atoms with Crippen molar-refractivity contribution < 1.29 is 14.3 Å². The van der Waals surface area contributed by atoms with E-state index >= 15 is 0 Å². The van der Waals surface area contributed by atoms with Crippen molar-refractivity contribution in [2.24, 2.45) is 10.8 Å². The summed E-state index contributed by atoms with van der Waals surface area (Å²) >= 11 is 0. The summed E-state index contributed by atoms with van der Waals surface area (Å²) < 4.78 is 11.6. The summed E-state index contributed by atoms with van der Waals surface area (Å²) in [6, 6.07) is 9.75. The monoisotopic (exact) mass is 487 g/mol. The lowest BCUT2D eigenvalue weighted by atomic mass is 9.71. The minimum Gasteiger partial charge on any atom is -0.493 e. The maximum absolute atomic E-state index is 11.2. The lowest BCUT2D eigenvalue weighted by molar-refractivity contribution is -0.109. The van der Waals surface area contributed by atoms with Crippen molar-refractivity contribution >= 4 is 36.3 Å². The number of carbonyl (C=O) groups is 1. The van der Waals surface area contributed by atoms with Gasteiger partial charge in [-0.2, -0.15) is 0 Å². The van der Waals surface area contributed by atoms with Gasteiger partial charge in [-0.05, 0) is 49.1 Å². The fraction of sp³-hybridized carbons (Fsp3) is 0.483. The number of nitrogens with zero attached hydrogens (tertiary/aromatic N) is 2. The van der Waals surface area contributed by atoms with E-state index in [4.69, 9.17) is 27.3 Å². The molecule has 0 saturated heterocycles. The van der Waals surface area contributed by atoms with Gasteiger partial charge in [0.1, 0.15) is 25.8 Å². The Morgan fingerprint density at radius 3 is 2.42 bits per heavy atom. The van der Waals surface area contributed by atoms with E-state index in [1.165, 1.54) is 0 Å². The van der Waals surface area contributed by atoms with Crippen LogP contribution in [0.3, 0.4) is 0 Å². The van der Waals surface area contributed by atoms with Crippen LogP contribution in [0.15, 0.2) is 30.3 Å². The van der Waals surface area contributed by atoms with Gasteiger partial charge in [0.15, 0.2) is 11.5 Å². The van der Waals surface area contributed by atoms with Gasteiger partial charge in [0.25, 0.3) is 0 Å². The van der Waals surface area contributed by atoms with Crippen LogP contribution in [0.1, 0.15) is 70.5 Å². The van der Waals surface area contributed by atoms with Gasteiger partial charge < -0.3 is 19.6 Å². The highest BCUT2D eigenvalue weighted by Crippen LogP contribution is 2.45. The topological polar surface area (TPSA) is 73.3 Å². The Bertz CT molecular complexity index is 1240. The van der Waals surface area contributed by atoms with Gasteiger partial charge in [0.2, 0.25) is 0 Å². The molecule has 2 radical (unpaired) electrons. The van der Waals surface area contributed by atoms with E-state index < -0.39 is 0 Å². The molecule has 190 valence electrons. The van der Waals surface area contributed by atoms with E-state index in [1.54, 1.807) is 14.2 Å². The van der Waals surface area contributed by atoms with Crippen LogP contribution >= 0.6 is 0 Å². The number of aryl methyl sites for hydroxylation is 1. The summed E-state index contributed by atoms with van der Waals surface area (Å²) in [4.78, 5) is 20.9. The largest absolute Gasteiger partial charge is 0.493 e. The zero-order chi connectivity index (χ0) is 26.7. The first-order valence-corrected chi connectivity index (χ1v) is 12.4. The van der Waals surface area contributed by atoms with E-state index in [1.807, 2.05) is 37.3 Å². The fourth-order valence-electron chi connectivity index (χ4n) is 5.30. The van der Waals surface area contributed by atoms with Crippen LogP contribution in [0.4, 0.5) is 5.82 Å². The summed E-state index contributed by atoms with van der Waals surface area (Å²) in [5.74, 6) is 2.71. The van der Waals surface area contributed by atoms with Crippen molar-refractivity contribution in [3.63, 3.8) is 0 Å². The fourth-order valence-corrected chi connectivity index (χ4v) is 5.30. The Morgan fingerprint density at radius 2 is 1.81 bits per heavy atom. The average molecular weight is 487 g/mol. The van der Waals surface area contributed by atoms with Gasteiger partial charge in [-0.25, -0.2) is 9.97 Å². The summed E-state index contributed by atoms with van der Waals surface area (Å²) in [6.07, 6.45) is 3.09. The highest BCUT2D eigenvalue weighted by atomic mass is 16.5. The van der Waals surface area contributed by atoms with Crippen molar-refractivity contribution in [2.75, 3.05) is 19.5 Å². The van der Waals surface area contributed by atoms with Crippen molar-refractivity contribution in [1.29, 1.82) is 0 Å². The molecule has 0 fully saturated rings. The number of carbonyl (C=O) groups excluding carboxylic acids is 1. The third-order valence-electron chi connectivity index (χ3n) is 6.55. The van der Waals surface area contributed by atoms with Crippen LogP contribution in [0.25, 0.3) is 10.9 Å². The first-order chi connectivity index (χ1) is 16.9. The second kappa shape index (κ2) is 10.9. The molecule has 36 heavy (non-hydrogen) atoms. The van der Waals surface area contributed by atoms with Crippen LogP contribution in [-0.2, 0) is 11.2 Å². The molecule has 0 aliphatic rings. The number of ether oxygens (including phenoxy) is 2. The second-order valence-electron chi connectivity index (χ2n) is 11.2. The number of aromatic nitrogens is 2. The lowest BCUT2D eigenvalue weighted by Crippen LogP contribution is -2.26. The first-order valence-electron chi connectivity index (χ1n) is 12.4. The zero-order valence-corrected chi connectivity index (χ0v) is 22.9. The van der Waals surface area contributed by atoms with E-state index in [0.717, 1.165) is 46.0 Å². The van der Waals surface area contributed by atoms with Crippen molar-refractivity contribution in [1.82, 2.24) is 9.97 Å². The number of hydrogen-bond acceptors (Lipinski definition) is 6. The lowest BCUT2D eigenvalue weighted by Gasteiger charge is -2.34. The molecule has 1 heterocycles. The third-order valence-corrected chi connectivity index (χ3v) is 6.55. The first kappa shape index (κ1) is 27.5. The zero-order valence-electron chi connectivity index (χ0n) is 22.9. The molecular weight excluding hydrogens is 449 g/mol. The molecule has 1 aromatic heterocycles. The van der Waals surface area contributed by atoms with Crippen LogP contribution in [0.5, 0.6) is 11.5 Å². The molecule has 0 saturated carbocycles. The smallest absolute Gasteiger partial charge is 0.166 e. The van der Waals surface area contributed by atoms with Crippen LogP contribution in [0, 0.1) is 17.8 Å². The van der Waals surface area contributed by atoms with Crippen molar-refractivity contribution in [2.45, 2.75) is 66.8 Å². The Morgan fingerprint density at radius 1 is 1.08 bits per heavy atom. The molecule has 3 rings (SSSR count). The number of nitrogens with one attached hydrogen (secondary N) is 1. The predicted molar refractivity (Wildman–Crippen MR) is 148 cm³/mol. The molecule has 1 atom stereocenters. The quantitative estimate of drug-likeness (QED) is 0.285. The van der Waals surface area contributed by atoms with Crippen molar-refractivity contribution in [3.8, 4) is 11.5 Å². The van der Waals surface area contributed by atoms with Gasteiger partial charge in [0, 0.05) is 23.4 Å². The molecule has 2 aromatic carbocycles. The maximum Gasteiger partial charge on any atom is 0.166 e. The van der Waals surface area contributed by atoms with Crippen LogP contribution in [0.2, 0.25) is 0 Å². The van der Waals surface area contributed by atoms with Gasteiger partial charge in [-0.1, -0.05) is 57.4 Å². The molecule has 7 heteroatoms. The van der Waals surface area contributed by atoms with Crippen LogP contribution in [-0.4, -0.2) is 38.3 Å². The summed E-state index contributed by atoms with van der Waals surface area (Å²) in [5, 5.41) is 4.43. The van der Waals surface area contributed by atoms with E-state index in [2.05, 4.69) is 39.9 Å². The molecule has 0 aliphatic heterocycles. The second-order valence-corrected chi connectivity index (χ2v) is 11.2. The van der Waals surface area contributed by atoms with Gasteiger partial charge >= 0.3 is 0 Å². The standard InChI is InChI=1S/C29H38BN3O3/c1-18(20-10-9-11-21(30)14-20)31-27-22-15-24(35-7)26(36-8)23(25(22)32-19(2)33-27)16-29(5,6)17-28(3,4)12-13-34/h9-11,13-15,18H,12,16-17H2,1-8H3,(H,31,32,33)/t18-/m1/s1. The summed E-state index contributed by atoms with van der Waals surface area (Å²) in [6.45, 7) is 12.7. The Balaban J connectivity index is 2.14. The van der Waals surface area contributed by atoms with Crippen LogP contribution < -0.4 is 20.3 Å². The SMILES string of the molecule is [B]c1cccc([C@@H](C)Nc2nc(C)nc3c(CC(C)(C)CC(C)(C)CC=O)c(OC)c(OC)cc23)c1. The number of anilines is 1. The number of fused-ring (bicyclic) bond motifs is 1. The molecule has 3 aromatic rings. The van der Waals surface area contributed by atoms with Crippen molar-refractivity contribution in [3.05, 3.63) is 47.3 Å². The summed E-state index contributed by atoms with van der Waals surface area (Å²) in [7, 11) is 9.31. The molecule has 0 bridgehead atoms. The number of aldehydes is 1. The van der Waals surface area contributed by atoms with Gasteiger partial charge in [0.05, 0.1) is 19.7 Å². The maximum atomic E-state index is 11.2. The Hall–Kier alpha value is -3.09. The summed E-state index contributed by atoms with van der Waals surface area (Å²) in [5.41, 5.74) is 3.36. The minimum absolute atomic E-state index is 0.0249. The third kappa shape index (κ3) is 6.37. The number of benzene rings is 2. The number of rotatable bonds is 11. The highest BCUT2D eigenvalue weighted by molar-refractivity contribution is 6.32. The Kier molecular flexibility index (Phi) is 8.32. The van der Waals surface area contributed by atoms with Gasteiger partial charge in [-0.15, -0.1) is 0 Å². The number of methoxy groups -OCH3 is 2. The highest BCUT2D eigenvalue weighted by Gasteiger charge is 2.32.